The minimum absolute atomic E-state index is 0.0513. The summed E-state index contributed by atoms with van der Waals surface area (Å²) in [7, 11) is -2.32. The maximum Gasteiger partial charge on any atom is 0.263 e. The number of hydrogen-bond donors (Lipinski definition) is 1. The van der Waals surface area contributed by atoms with Crippen molar-refractivity contribution in [2.45, 2.75) is 38.3 Å². The number of aryl methyl sites for hydroxylation is 2. The van der Waals surface area contributed by atoms with Gasteiger partial charge >= 0.3 is 0 Å². The molecule has 3 rings (SSSR count). The third kappa shape index (κ3) is 6.26. The van der Waals surface area contributed by atoms with Crippen LogP contribution in [0.2, 0.25) is 5.02 Å². The highest BCUT2D eigenvalue weighted by atomic mass is 35.5. The topological polar surface area (TPSA) is 96.8 Å². The van der Waals surface area contributed by atoms with E-state index in [4.69, 9.17) is 16.3 Å². The average Bonchev–Trinajstić information content (AvgIpc) is 3.17. The van der Waals surface area contributed by atoms with E-state index in [0.29, 0.717) is 50.8 Å². The lowest BCUT2D eigenvalue weighted by molar-refractivity contribution is 0.0756. The monoisotopic (exact) mass is 497 g/mol. The number of sulfonamides is 1. The van der Waals surface area contributed by atoms with E-state index < -0.39 is 15.9 Å². The van der Waals surface area contributed by atoms with Gasteiger partial charge in [-0.2, -0.15) is 9.40 Å². The SMILES string of the molecule is Cc1ccc(Cl)cc1N1CCN(S(=O)(=O)c2nn(C)cc2C(=O)NCCCOC(C)C)CC1. The van der Waals surface area contributed by atoms with Crippen LogP contribution in [0.3, 0.4) is 0 Å². The van der Waals surface area contributed by atoms with Crippen LogP contribution in [0.4, 0.5) is 5.69 Å². The fourth-order valence-corrected chi connectivity index (χ4v) is 5.43. The van der Waals surface area contributed by atoms with Crippen molar-refractivity contribution in [2.75, 3.05) is 44.2 Å². The summed E-state index contributed by atoms with van der Waals surface area (Å²) >= 11 is 6.15. The summed E-state index contributed by atoms with van der Waals surface area (Å²) < 4.78 is 34.9. The van der Waals surface area contributed by atoms with Gasteiger partial charge in [0.15, 0.2) is 0 Å². The molecule has 2 heterocycles. The second-order valence-corrected chi connectivity index (χ2v) is 10.7. The number of benzene rings is 1. The van der Waals surface area contributed by atoms with Crippen LogP contribution < -0.4 is 10.2 Å². The second-order valence-electron chi connectivity index (χ2n) is 8.37. The number of anilines is 1. The number of nitrogens with one attached hydrogen (secondary N) is 1. The summed E-state index contributed by atoms with van der Waals surface area (Å²) in [4.78, 5) is 14.8. The third-order valence-corrected chi connectivity index (χ3v) is 7.50. The molecule has 1 aliphatic heterocycles. The first-order valence-corrected chi connectivity index (χ1v) is 12.9. The average molecular weight is 498 g/mol. The fourth-order valence-electron chi connectivity index (χ4n) is 3.72. The van der Waals surface area contributed by atoms with Gasteiger partial charge in [-0.1, -0.05) is 17.7 Å². The summed E-state index contributed by atoms with van der Waals surface area (Å²) in [6.07, 6.45) is 2.20. The van der Waals surface area contributed by atoms with Crippen molar-refractivity contribution >= 4 is 33.2 Å². The van der Waals surface area contributed by atoms with Crippen LogP contribution in [0.15, 0.2) is 29.4 Å². The van der Waals surface area contributed by atoms with Gasteiger partial charge in [-0.25, -0.2) is 8.42 Å². The van der Waals surface area contributed by atoms with Crippen molar-refractivity contribution < 1.29 is 17.9 Å². The van der Waals surface area contributed by atoms with Crippen LogP contribution in [0.25, 0.3) is 0 Å². The molecule has 9 nitrogen and oxygen atoms in total. The van der Waals surface area contributed by atoms with E-state index >= 15 is 0 Å². The number of halogens is 1. The van der Waals surface area contributed by atoms with Crippen molar-refractivity contribution in [1.29, 1.82) is 0 Å². The van der Waals surface area contributed by atoms with Gasteiger partial charge < -0.3 is 15.0 Å². The molecule has 2 aromatic rings. The molecule has 1 fully saturated rings. The normalized spacial score (nSPS) is 15.3. The maximum atomic E-state index is 13.4. The molecular formula is C22H32ClN5O4S. The summed E-state index contributed by atoms with van der Waals surface area (Å²) in [6.45, 7) is 8.42. The Labute approximate surface area is 200 Å². The summed E-state index contributed by atoms with van der Waals surface area (Å²) in [5.41, 5.74) is 2.13. The first kappa shape index (κ1) is 25.5. The Morgan fingerprint density at radius 3 is 2.61 bits per heavy atom. The third-order valence-electron chi connectivity index (χ3n) is 5.43. The zero-order valence-corrected chi connectivity index (χ0v) is 21.1. The fraction of sp³-hybridized carbons (Fsp3) is 0.545. The van der Waals surface area contributed by atoms with E-state index in [9.17, 15) is 13.2 Å². The minimum atomic E-state index is -3.92. The van der Waals surface area contributed by atoms with Crippen LogP contribution in [0.1, 0.15) is 36.2 Å². The molecule has 0 radical (unpaired) electrons. The molecular weight excluding hydrogens is 466 g/mol. The first-order chi connectivity index (χ1) is 15.6. The number of aromatic nitrogens is 2. The highest BCUT2D eigenvalue weighted by molar-refractivity contribution is 7.89. The predicted molar refractivity (Wildman–Crippen MR) is 128 cm³/mol. The number of piperazine rings is 1. The van der Waals surface area contributed by atoms with E-state index in [0.717, 1.165) is 11.3 Å². The van der Waals surface area contributed by atoms with Crippen molar-refractivity contribution in [3.05, 3.63) is 40.5 Å². The number of nitrogens with zero attached hydrogens (tertiary/aromatic N) is 4. The Morgan fingerprint density at radius 2 is 1.94 bits per heavy atom. The Kier molecular flexibility index (Phi) is 8.38. The Balaban J connectivity index is 1.67. The van der Waals surface area contributed by atoms with Gasteiger partial charge in [-0.15, -0.1) is 0 Å². The van der Waals surface area contributed by atoms with Gasteiger partial charge in [-0.05, 0) is 44.9 Å². The van der Waals surface area contributed by atoms with Crippen molar-refractivity contribution in [2.24, 2.45) is 7.05 Å². The van der Waals surface area contributed by atoms with Gasteiger partial charge in [0.25, 0.3) is 15.9 Å². The molecule has 11 heteroatoms. The number of carbonyl (C=O) groups is 1. The minimum Gasteiger partial charge on any atom is -0.379 e. The van der Waals surface area contributed by atoms with Crippen molar-refractivity contribution in [3.63, 3.8) is 0 Å². The van der Waals surface area contributed by atoms with Gasteiger partial charge in [0, 0.05) is 63.3 Å². The summed E-state index contributed by atoms with van der Waals surface area (Å²) in [6, 6.07) is 5.69. The number of ether oxygens (including phenoxy) is 1. The van der Waals surface area contributed by atoms with Gasteiger partial charge in [-0.3, -0.25) is 9.48 Å². The lowest BCUT2D eigenvalue weighted by Crippen LogP contribution is -2.49. The highest BCUT2D eigenvalue weighted by Crippen LogP contribution is 2.27. The molecule has 0 spiro atoms. The number of hydrogen-bond acceptors (Lipinski definition) is 6. The largest absolute Gasteiger partial charge is 0.379 e. The molecule has 1 saturated heterocycles. The molecule has 0 unspecified atom stereocenters. The first-order valence-electron chi connectivity index (χ1n) is 11.0. The quantitative estimate of drug-likeness (QED) is 0.534. The van der Waals surface area contributed by atoms with E-state index in [1.54, 1.807) is 7.05 Å². The molecule has 1 aromatic heterocycles. The van der Waals surface area contributed by atoms with Crippen LogP contribution in [0, 0.1) is 6.92 Å². The molecule has 33 heavy (non-hydrogen) atoms. The number of amides is 1. The molecule has 0 bridgehead atoms. The van der Waals surface area contributed by atoms with Crippen molar-refractivity contribution in [1.82, 2.24) is 19.4 Å². The second kappa shape index (κ2) is 10.9. The molecule has 1 aromatic carbocycles. The molecule has 1 amide bonds. The summed E-state index contributed by atoms with van der Waals surface area (Å²) in [5.74, 6) is -0.459. The Hall–Kier alpha value is -2.14. The zero-order chi connectivity index (χ0) is 24.2. The predicted octanol–water partition coefficient (Wildman–Crippen LogP) is 2.44. The molecule has 1 N–H and O–H groups in total. The van der Waals surface area contributed by atoms with Crippen LogP contribution in [-0.4, -0.2) is 73.8 Å². The Bertz CT molecular complexity index is 1080. The number of carbonyl (C=O) groups excluding carboxylic acids is 1. The van der Waals surface area contributed by atoms with Crippen LogP contribution >= 0.6 is 11.6 Å². The lowest BCUT2D eigenvalue weighted by Gasteiger charge is -2.35. The van der Waals surface area contributed by atoms with Crippen molar-refractivity contribution in [3.8, 4) is 0 Å². The smallest absolute Gasteiger partial charge is 0.263 e. The standard InChI is InChI=1S/C22H32ClN5O4S/c1-16(2)32-13-5-8-24-21(29)19-15-26(4)25-22(19)33(30,31)28-11-9-27(10-12-28)20-14-18(23)7-6-17(20)3/h6-7,14-16H,5,8-13H2,1-4H3,(H,24,29). The summed E-state index contributed by atoms with van der Waals surface area (Å²) in [5, 5.41) is 7.31. The van der Waals surface area contributed by atoms with Crippen LogP contribution in [0.5, 0.6) is 0 Å². The zero-order valence-electron chi connectivity index (χ0n) is 19.5. The van der Waals surface area contributed by atoms with E-state index in [1.165, 1.54) is 15.2 Å². The Morgan fingerprint density at radius 1 is 1.24 bits per heavy atom. The van der Waals surface area contributed by atoms with E-state index in [-0.39, 0.29) is 16.7 Å². The van der Waals surface area contributed by atoms with Crippen LogP contribution in [-0.2, 0) is 21.8 Å². The lowest BCUT2D eigenvalue weighted by atomic mass is 10.1. The van der Waals surface area contributed by atoms with E-state index in [1.807, 2.05) is 39.0 Å². The van der Waals surface area contributed by atoms with Gasteiger partial charge in [0.05, 0.1) is 11.7 Å². The highest BCUT2D eigenvalue weighted by Gasteiger charge is 2.34. The molecule has 1 aliphatic rings. The molecule has 182 valence electrons. The van der Waals surface area contributed by atoms with Gasteiger partial charge in [0.1, 0.15) is 0 Å². The molecule has 0 saturated carbocycles. The number of rotatable bonds is 9. The van der Waals surface area contributed by atoms with E-state index in [2.05, 4.69) is 15.3 Å². The van der Waals surface area contributed by atoms with Gasteiger partial charge in [0.2, 0.25) is 5.03 Å². The molecule has 0 aliphatic carbocycles. The molecule has 0 atom stereocenters. The maximum absolute atomic E-state index is 13.4.